The van der Waals surface area contributed by atoms with Crippen LogP contribution in [0.4, 0.5) is 0 Å². The zero-order valence-electron chi connectivity index (χ0n) is 8.88. The van der Waals surface area contributed by atoms with Gasteiger partial charge in [0.05, 0.1) is 12.7 Å². The van der Waals surface area contributed by atoms with Gasteiger partial charge >= 0.3 is 0 Å². The van der Waals surface area contributed by atoms with Crippen molar-refractivity contribution in [3.8, 4) is 0 Å². The maximum Gasteiger partial charge on any atom is 0.0615 e. The van der Waals surface area contributed by atoms with E-state index in [0.29, 0.717) is 18.2 Å². The fourth-order valence-electron chi connectivity index (χ4n) is 1.71. The van der Waals surface area contributed by atoms with Gasteiger partial charge in [-0.1, -0.05) is 6.92 Å². The molecule has 1 unspecified atom stereocenters. The molecule has 0 aromatic heterocycles. The Morgan fingerprint density at radius 2 is 2.08 bits per heavy atom. The summed E-state index contributed by atoms with van der Waals surface area (Å²) in [5, 5.41) is 3.56. The summed E-state index contributed by atoms with van der Waals surface area (Å²) in [6.07, 6.45) is 3.91. The average molecular weight is 187 g/mol. The Hall–Kier alpha value is -0.120. The smallest absolute Gasteiger partial charge is 0.0615 e. The molecule has 0 saturated heterocycles. The molecular formula is C10H21NO2. The SMILES string of the molecule is CCC(COC)NC1CC(OC)C1. The van der Waals surface area contributed by atoms with Crippen molar-refractivity contribution in [1.82, 2.24) is 5.32 Å². The van der Waals surface area contributed by atoms with Crippen LogP contribution in [0, 0.1) is 0 Å². The van der Waals surface area contributed by atoms with E-state index in [2.05, 4.69) is 12.2 Å². The summed E-state index contributed by atoms with van der Waals surface area (Å²) in [5.74, 6) is 0. The first kappa shape index (κ1) is 11.0. The van der Waals surface area contributed by atoms with Gasteiger partial charge in [-0.25, -0.2) is 0 Å². The van der Waals surface area contributed by atoms with E-state index in [1.54, 1.807) is 14.2 Å². The van der Waals surface area contributed by atoms with E-state index >= 15 is 0 Å². The number of methoxy groups -OCH3 is 2. The normalized spacial score (nSPS) is 29.8. The summed E-state index contributed by atoms with van der Waals surface area (Å²) in [6.45, 7) is 2.99. The maximum absolute atomic E-state index is 5.22. The van der Waals surface area contributed by atoms with Crippen LogP contribution in [-0.2, 0) is 9.47 Å². The highest BCUT2D eigenvalue weighted by molar-refractivity contribution is 4.87. The molecule has 78 valence electrons. The quantitative estimate of drug-likeness (QED) is 0.677. The maximum atomic E-state index is 5.22. The van der Waals surface area contributed by atoms with Crippen LogP contribution < -0.4 is 5.32 Å². The predicted molar refractivity (Wildman–Crippen MR) is 52.9 cm³/mol. The molecule has 0 spiro atoms. The van der Waals surface area contributed by atoms with E-state index in [0.717, 1.165) is 25.9 Å². The van der Waals surface area contributed by atoms with Crippen LogP contribution in [0.5, 0.6) is 0 Å². The minimum absolute atomic E-state index is 0.484. The Balaban J connectivity index is 2.10. The van der Waals surface area contributed by atoms with Gasteiger partial charge in [0.15, 0.2) is 0 Å². The Bertz CT molecular complexity index is 135. The van der Waals surface area contributed by atoms with Crippen LogP contribution in [-0.4, -0.2) is 39.0 Å². The summed E-state index contributed by atoms with van der Waals surface area (Å²) in [7, 11) is 3.54. The second-order valence-corrected chi connectivity index (χ2v) is 3.75. The van der Waals surface area contributed by atoms with Crippen molar-refractivity contribution < 1.29 is 9.47 Å². The van der Waals surface area contributed by atoms with Crippen LogP contribution >= 0.6 is 0 Å². The second kappa shape index (κ2) is 5.58. The number of hydrogen-bond acceptors (Lipinski definition) is 3. The molecule has 1 aliphatic rings. The zero-order chi connectivity index (χ0) is 9.68. The second-order valence-electron chi connectivity index (χ2n) is 3.75. The molecule has 13 heavy (non-hydrogen) atoms. The van der Waals surface area contributed by atoms with Crippen molar-refractivity contribution in [3.63, 3.8) is 0 Å². The predicted octanol–water partition coefficient (Wildman–Crippen LogP) is 1.18. The average Bonchev–Trinajstić information content (AvgIpc) is 2.08. The van der Waals surface area contributed by atoms with Gasteiger partial charge in [0, 0.05) is 26.3 Å². The lowest BCUT2D eigenvalue weighted by Gasteiger charge is -2.37. The van der Waals surface area contributed by atoms with Crippen molar-refractivity contribution in [2.75, 3.05) is 20.8 Å². The van der Waals surface area contributed by atoms with Crippen molar-refractivity contribution >= 4 is 0 Å². The Labute approximate surface area is 80.8 Å². The third kappa shape index (κ3) is 3.25. The summed E-state index contributed by atoms with van der Waals surface area (Å²) in [4.78, 5) is 0. The molecule has 1 atom stereocenters. The molecule has 1 aliphatic carbocycles. The highest BCUT2D eigenvalue weighted by Gasteiger charge is 2.29. The van der Waals surface area contributed by atoms with Gasteiger partial charge in [-0.15, -0.1) is 0 Å². The summed E-state index contributed by atoms with van der Waals surface area (Å²) < 4.78 is 10.3. The van der Waals surface area contributed by atoms with Crippen LogP contribution in [0.15, 0.2) is 0 Å². The van der Waals surface area contributed by atoms with Crippen molar-refractivity contribution in [2.45, 2.75) is 44.4 Å². The molecule has 0 heterocycles. The van der Waals surface area contributed by atoms with Gasteiger partial charge < -0.3 is 14.8 Å². The molecule has 1 saturated carbocycles. The summed E-state index contributed by atoms with van der Waals surface area (Å²) >= 11 is 0. The van der Waals surface area contributed by atoms with E-state index in [-0.39, 0.29) is 0 Å². The van der Waals surface area contributed by atoms with Crippen LogP contribution in [0.25, 0.3) is 0 Å². The lowest BCUT2D eigenvalue weighted by atomic mass is 9.88. The zero-order valence-corrected chi connectivity index (χ0v) is 8.88. The minimum atomic E-state index is 0.484. The van der Waals surface area contributed by atoms with Gasteiger partial charge in [-0.2, -0.15) is 0 Å². The summed E-state index contributed by atoms with van der Waals surface area (Å²) in [6, 6.07) is 1.15. The molecular weight excluding hydrogens is 166 g/mol. The Kier molecular flexibility index (Phi) is 4.70. The number of rotatable bonds is 6. The van der Waals surface area contributed by atoms with E-state index in [4.69, 9.17) is 9.47 Å². The molecule has 0 bridgehead atoms. The Morgan fingerprint density at radius 1 is 1.38 bits per heavy atom. The molecule has 1 rings (SSSR count). The summed E-state index contributed by atoms with van der Waals surface area (Å²) in [5.41, 5.74) is 0. The lowest BCUT2D eigenvalue weighted by molar-refractivity contribution is 0.0103. The molecule has 3 nitrogen and oxygen atoms in total. The largest absolute Gasteiger partial charge is 0.383 e. The first-order valence-corrected chi connectivity index (χ1v) is 5.07. The van der Waals surface area contributed by atoms with Gasteiger partial charge in [0.1, 0.15) is 0 Å². The molecule has 0 aliphatic heterocycles. The topological polar surface area (TPSA) is 30.5 Å². The van der Waals surface area contributed by atoms with Crippen molar-refractivity contribution in [3.05, 3.63) is 0 Å². The Morgan fingerprint density at radius 3 is 2.54 bits per heavy atom. The molecule has 0 aromatic carbocycles. The number of nitrogens with one attached hydrogen (secondary N) is 1. The van der Waals surface area contributed by atoms with E-state index in [9.17, 15) is 0 Å². The van der Waals surface area contributed by atoms with E-state index in [1.807, 2.05) is 0 Å². The van der Waals surface area contributed by atoms with E-state index in [1.165, 1.54) is 0 Å². The number of ether oxygens (including phenoxy) is 2. The van der Waals surface area contributed by atoms with Crippen molar-refractivity contribution in [1.29, 1.82) is 0 Å². The first-order valence-electron chi connectivity index (χ1n) is 5.07. The highest BCUT2D eigenvalue weighted by Crippen LogP contribution is 2.23. The standard InChI is InChI=1S/C10H21NO2/c1-4-8(7-12-2)11-9-5-10(6-9)13-3/h8-11H,4-7H2,1-3H3. The fourth-order valence-corrected chi connectivity index (χ4v) is 1.71. The van der Waals surface area contributed by atoms with Gasteiger partial charge in [0.25, 0.3) is 0 Å². The van der Waals surface area contributed by atoms with Gasteiger partial charge in [0.2, 0.25) is 0 Å². The monoisotopic (exact) mass is 187 g/mol. The van der Waals surface area contributed by atoms with Crippen molar-refractivity contribution in [2.24, 2.45) is 0 Å². The fraction of sp³-hybridized carbons (Fsp3) is 1.00. The molecule has 0 radical (unpaired) electrons. The molecule has 0 amide bonds. The third-order valence-electron chi connectivity index (χ3n) is 2.76. The van der Waals surface area contributed by atoms with Gasteiger partial charge in [-0.05, 0) is 19.3 Å². The molecule has 0 aromatic rings. The number of hydrogen-bond donors (Lipinski definition) is 1. The van der Waals surface area contributed by atoms with E-state index < -0.39 is 0 Å². The third-order valence-corrected chi connectivity index (χ3v) is 2.76. The van der Waals surface area contributed by atoms with Gasteiger partial charge in [-0.3, -0.25) is 0 Å². The first-order chi connectivity index (χ1) is 6.30. The molecule has 3 heteroatoms. The van der Waals surface area contributed by atoms with Crippen LogP contribution in [0.2, 0.25) is 0 Å². The lowest BCUT2D eigenvalue weighted by Crippen LogP contribution is -2.50. The van der Waals surface area contributed by atoms with Crippen LogP contribution in [0.3, 0.4) is 0 Å². The minimum Gasteiger partial charge on any atom is -0.383 e. The highest BCUT2D eigenvalue weighted by atomic mass is 16.5. The van der Waals surface area contributed by atoms with Crippen LogP contribution in [0.1, 0.15) is 26.2 Å². The molecule has 1 N–H and O–H groups in total. The molecule has 1 fully saturated rings.